The third kappa shape index (κ3) is 2.58. The number of hydrogen-bond donors (Lipinski definition) is 0. The Bertz CT molecular complexity index is 949. The maximum atomic E-state index is 5.31. The third-order valence-electron chi connectivity index (χ3n) is 13.6. The van der Waals surface area contributed by atoms with Gasteiger partial charge in [-0.15, -0.1) is 0 Å². The largest absolute Gasteiger partial charge is 0.244 e. The molecule has 0 saturated heterocycles. The SMILES string of the molecule is CC(C)[C@@H]1CC[C@]2(C)CC[C@]3(C)[C@H](CC[C@@H]4[C@@]5(C)Cc6nonc6C(C)(C)[C@@H]5CC[C@]43C)[C@@H]12. The lowest BCUT2D eigenvalue weighted by Gasteiger charge is -2.72. The first kappa shape index (κ1) is 22.6. The molecule has 0 N–H and O–H groups in total. The summed E-state index contributed by atoms with van der Waals surface area (Å²) in [5.41, 5.74) is 4.15. The topological polar surface area (TPSA) is 38.9 Å². The van der Waals surface area contributed by atoms with Crippen molar-refractivity contribution >= 4 is 0 Å². The first-order valence-corrected chi connectivity index (χ1v) is 14.2. The van der Waals surface area contributed by atoms with E-state index in [1.807, 2.05) is 0 Å². The van der Waals surface area contributed by atoms with E-state index in [2.05, 4.69) is 65.7 Å². The maximum absolute atomic E-state index is 5.31. The van der Waals surface area contributed by atoms with Crippen molar-refractivity contribution < 1.29 is 4.63 Å². The average molecular weight is 453 g/mol. The number of fused-ring (bicyclic) bond motifs is 8. The summed E-state index contributed by atoms with van der Waals surface area (Å²) in [4.78, 5) is 0. The van der Waals surface area contributed by atoms with Crippen LogP contribution in [0.15, 0.2) is 4.63 Å². The summed E-state index contributed by atoms with van der Waals surface area (Å²) in [7, 11) is 0. The van der Waals surface area contributed by atoms with E-state index in [0.29, 0.717) is 27.6 Å². The van der Waals surface area contributed by atoms with E-state index in [1.165, 1.54) is 51.4 Å². The van der Waals surface area contributed by atoms with Crippen molar-refractivity contribution in [2.45, 2.75) is 119 Å². The average Bonchev–Trinajstić information content (AvgIpc) is 3.33. The molecule has 6 rings (SSSR count). The van der Waals surface area contributed by atoms with Crippen molar-refractivity contribution in [3.63, 3.8) is 0 Å². The monoisotopic (exact) mass is 452 g/mol. The van der Waals surface area contributed by atoms with E-state index in [4.69, 9.17) is 4.63 Å². The number of nitrogens with zero attached hydrogens (tertiary/aromatic N) is 2. The van der Waals surface area contributed by atoms with Gasteiger partial charge in [-0.05, 0) is 109 Å². The summed E-state index contributed by atoms with van der Waals surface area (Å²) in [6.07, 6.45) is 12.5. The van der Waals surface area contributed by atoms with Crippen molar-refractivity contribution in [1.82, 2.24) is 10.3 Å². The molecule has 1 heterocycles. The molecule has 33 heavy (non-hydrogen) atoms. The Hall–Kier alpha value is -0.860. The minimum absolute atomic E-state index is 0.0563. The van der Waals surface area contributed by atoms with Gasteiger partial charge in [0.05, 0.1) is 0 Å². The van der Waals surface area contributed by atoms with Crippen molar-refractivity contribution in [3.8, 4) is 0 Å². The summed E-state index contributed by atoms with van der Waals surface area (Å²) >= 11 is 0. The molecular formula is C30H48N2O. The van der Waals surface area contributed by atoms with Crippen LogP contribution in [0.3, 0.4) is 0 Å². The highest BCUT2D eigenvalue weighted by molar-refractivity contribution is 5.30. The maximum Gasteiger partial charge on any atom is 0.114 e. The van der Waals surface area contributed by atoms with Crippen LogP contribution >= 0.6 is 0 Å². The van der Waals surface area contributed by atoms with E-state index in [1.54, 1.807) is 0 Å². The van der Waals surface area contributed by atoms with Gasteiger partial charge >= 0.3 is 0 Å². The van der Waals surface area contributed by atoms with Crippen LogP contribution in [0.1, 0.15) is 118 Å². The fourth-order valence-corrected chi connectivity index (χ4v) is 11.9. The lowest BCUT2D eigenvalue weighted by molar-refractivity contribution is -0.226. The molecule has 0 aromatic carbocycles. The van der Waals surface area contributed by atoms with Gasteiger partial charge in [0.25, 0.3) is 0 Å². The summed E-state index contributed by atoms with van der Waals surface area (Å²) < 4.78 is 5.31. The molecule has 5 aliphatic carbocycles. The van der Waals surface area contributed by atoms with Crippen molar-refractivity contribution in [3.05, 3.63) is 11.4 Å². The molecule has 184 valence electrons. The van der Waals surface area contributed by atoms with Crippen LogP contribution in [0.2, 0.25) is 0 Å². The van der Waals surface area contributed by atoms with E-state index in [9.17, 15) is 0 Å². The Balaban J connectivity index is 1.42. The first-order valence-electron chi connectivity index (χ1n) is 14.2. The van der Waals surface area contributed by atoms with Gasteiger partial charge in [0, 0.05) is 11.8 Å². The second-order valence-electron chi connectivity index (χ2n) is 15.3. The highest BCUT2D eigenvalue weighted by Crippen LogP contribution is 2.77. The Labute approximate surface area is 202 Å². The lowest BCUT2D eigenvalue weighted by Crippen LogP contribution is -2.66. The zero-order valence-electron chi connectivity index (χ0n) is 22.6. The molecule has 4 fully saturated rings. The predicted octanol–water partition coefficient (Wildman–Crippen LogP) is 7.84. The van der Waals surface area contributed by atoms with Crippen LogP contribution in [0.25, 0.3) is 0 Å². The highest BCUT2D eigenvalue weighted by Gasteiger charge is 2.70. The van der Waals surface area contributed by atoms with Crippen molar-refractivity contribution in [1.29, 1.82) is 0 Å². The molecule has 0 bridgehead atoms. The first-order chi connectivity index (χ1) is 15.4. The zero-order chi connectivity index (χ0) is 23.6. The Morgan fingerprint density at radius 3 is 2.27 bits per heavy atom. The minimum Gasteiger partial charge on any atom is -0.244 e. The van der Waals surface area contributed by atoms with E-state index in [-0.39, 0.29) is 5.41 Å². The minimum atomic E-state index is 0.0563. The molecule has 5 aliphatic rings. The molecule has 0 amide bonds. The summed E-state index contributed by atoms with van der Waals surface area (Å²) in [6, 6.07) is 0. The van der Waals surface area contributed by atoms with E-state index in [0.717, 1.165) is 47.4 Å². The van der Waals surface area contributed by atoms with Gasteiger partial charge in [-0.2, -0.15) is 0 Å². The normalized spacial score (nSPS) is 52.5. The Kier molecular flexibility index (Phi) is 4.56. The summed E-state index contributed by atoms with van der Waals surface area (Å²) in [6.45, 7) is 20.7. The second kappa shape index (κ2) is 6.67. The molecule has 9 atom stereocenters. The van der Waals surface area contributed by atoms with Crippen LogP contribution in [0, 0.1) is 57.2 Å². The van der Waals surface area contributed by atoms with Crippen LogP contribution in [-0.2, 0) is 11.8 Å². The molecule has 3 heteroatoms. The van der Waals surface area contributed by atoms with Crippen LogP contribution in [0.4, 0.5) is 0 Å². The van der Waals surface area contributed by atoms with Crippen LogP contribution < -0.4 is 0 Å². The molecular weight excluding hydrogens is 404 g/mol. The van der Waals surface area contributed by atoms with Gasteiger partial charge in [-0.1, -0.05) is 65.7 Å². The molecule has 0 spiro atoms. The molecule has 0 unspecified atom stereocenters. The quantitative estimate of drug-likeness (QED) is 0.435. The highest BCUT2D eigenvalue weighted by atomic mass is 16.6. The molecule has 4 saturated carbocycles. The fraction of sp³-hybridized carbons (Fsp3) is 0.933. The molecule has 1 aromatic rings. The van der Waals surface area contributed by atoms with Crippen LogP contribution in [0.5, 0.6) is 0 Å². The molecule has 3 nitrogen and oxygen atoms in total. The summed E-state index contributed by atoms with van der Waals surface area (Å²) in [5, 5.41) is 8.86. The number of aromatic nitrogens is 2. The molecule has 0 aliphatic heterocycles. The van der Waals surface area contributed by atoms with Gasteiger partial charge < -0.3 is 0 Å². The Morgan fingerprint density at radius 1 is 0.788 bits per heavy atom. The van der Waals surface area contributed by atoms with Gasteiger partial charge in [0.2, 0.25) is 0 Å². The third-order valence-corrected chi connectivity index (χ3v) is 13.6. The van der Waals surface area contributed by atoms with Gasteiger partial charge in [0.1, 0.15) is 11.4 Å². The van der Waals surface area contributed by atoms with Gasteiger partial charge in [0.15, 0.2) is 0 Å². The Morgan fingerprint density at radius 2 is 1.55 bits per heavy atom. The standard InChI is InChI=1S/C30H48N2O/c1-18(2)19-11-13-27(5)15-16-29(7)20(24(19)27)9-10-23-28(6)17-21-25(32-33-31-21)26(3,4)22(28)12-14-30(23,29)8/h18-20,22-24H,9-17H2,1-8H3/t19-,20+,22-,23+,24+,27+,28-,29+,30+/m0/s1. The van der Waals surface area contributed by atoms with Gasteiger partial charge in [-0.25, -0.2) is 4.63 Å². The second-order valence-corrected chi connectivity index (χ2v) is 15.3. The van der Waals surface area contributed by atoms with Crippen molar-refractivity contribution in [2.24, 2.45) is 57.2 Å². The fourth-order valence-electron chi connectivity index (χ4n) is 11.9. The summed E-state index contributed by atoms with van der Waals surface area (Å²) in [5.74, 6) is 5.06. The van der Waals surface area contributed by atoms with Gasteiger partial charge in [-0.3, -0.25) is 0 Å². The number of rotatable bonds is 1. The molecule has 0 radical (unpaired) electrons. The lowest BCUT2D eigenvalue weighted by atomic mass is 9.32. The smallest absolute Gasteiger partial charge is 0.114 e. The van der Waals surface area contributed by atoms with Crippen LogP contribution in [-0.4, -0.2) is 10.3 Å². The predicted molar refractivity (Wildman–Crippen MR) is 133 cm³/mol. The zero-order valence-corrected chi connectivity index (χ0v) is 22.6. The van der Waals surface area contributed by atoms with E-state index >= 15 is 0 Å². The van der Waals surface area contributed by atoms with E-state index < -0.39 is 0 Å². The number of hydrogen-bond acceptors (Lipinski definition) is 3. The van der Waals surface area contributed by atoms with Crippen molar-refractivity contribution in [2.75, 3.05) is 0 Å². The molecule has 1 aromatic heterocycles.